The molecule has 58 heavy (non-hydrogen) atoms. The number of hydrogen-bond acceptors (Lipinski definition) is 3. The minimum Gasteiger partial charge on any atom is -0.500 e. The number of aromatic nitrogens is 2. The molecule has 8 rings (SSSR count). The molecule has 299 valence electrons. The predicted molar refractivity (Wildman–Crippen MR) is 241 cm³/mol. The minimum absolute atomic E-state index is 0. The average molecular weight is 961 g/mol. The molecule has 1 atom stereocenters. The Bertz CT molecular complexity index is 2720. The van der Waals surface area contributed by atoms with Gasteiger partial charge in [-0.05, 0) is 69.1 Å². The van der Waals surface area contributed by atoms with Gasteiger partial charge in [0.25, 0.3) is 0 Å². The molecule has 0 spiro atoms. The van der Waals surface area contributed by atoms with Gasteiger partial charge >= 0.3 is 0 Å². The Morgan fingerprint density at radius 1 is 0.724 bits per heavy atom. The summed E-state index contributed by atoms with van der Waals surface area (Å²) in [6, 6.07) is 40.9. The first kappa shape index (κ1) is 42.9. The molecular formula is C52H53FIrN2OSi-2. The second-order valence-electron chi connectivity index (χ2n) is 18.0. The summed E-state index contributed by atoms with van der Waals surface area (Å²) in [5.74, 6) is 0.766. The number of nitrogens with zero attached hydrogens (tertiary/aromatic N) is 2. The zero-order valence-corrected chi connectivity index (χ0v) is 38.7. The van der Waals surface area contributed by atoms with E-state index < -0.39 is 8.07 Å². The van der Waals surface area contributed by atoms with Crippen LogP contribution in [0.1, 0.15) is 64.2 Å². The van der Waals surface area contributed by atoms with Gasteiger partial charge in [0, 0.05) is 49.3 Å². The Morgan fingerprint density at radius 2 is 1.38 bits per heavy atom. The van der Waals surface area contributed by atoms with E-state index in [1.54, 1.807) is 6.07 Å². The van der Waals surface area contributed by atoms with Crippen LogP contribution in [0.15, 0.2) is 120 Å². The van der Waals surface area contributed by atoms with Gasteiger partial charge in [-0.25, -0.2) is 4.39 Å². The van der Waals surface area contributed by atoms with Gasteiger partial charge in [-0.1, -0.05) is 156 Å². The first-order valence-electron chi connectivity index (χ1n) is 20.1. The number of rotatable bonds is 7. The summed E-state index contributed by atoms with van der Waals surface area (Å²) in [5.41, 5.74) is 11.5. The van der Waals surface area contributed by atoms with Crippen LogP contribution >= 0.6 is 0 Å². The van der Waals surface area contributed by atoms with E-state index in [9.17, 15) is 4.39 Å². The Labute approximate surface area is 358 Å². The van der Waals surface area contributed by atoms with Gasteiger partial charge in [0.2, 0.25) is 0 Å². The van der Waals surface area contributed by atoms with Crippen LogP contribution in [-0.4, -0.2) is 18.0 Å². The van der Waals surface area contributed by atoms with Crippen LogP contribution in [0.5, 0.6) is 0 Å². The second kappa shape index (κ2) is 17.2. The molecule has 0 N–H and O–H groups in total. The summed E-state index contributed by atoms with van der Waals surface area (Å²) in [5, 5.41) is 6.05. The summed E-state index contributed by atoms with van der Waals surface area (Å²) in [7, 11) is -1.47. The molecule has 0 aliphatic rings. The van der Waals surface area contributed by atoms with Crippen molar-refractivity contribution in [3.63, 3.8) is 0 Å². The Balaban J connectivity index is 0.000000214. The van der Waals surface area contributed by atoms with Gasteiger partial charge in [-0.3, -0.25) is 0 Å². The first-order chi connectivity index (χ1) is 27.1. The molecule has 8 aromatic rings. The fourth-order valence-corrected chi connectivity index (χ4v) is 9.28. The number of benzene rings is 5. The summed E-state index contributed by atoms with van der Waals surface area (Å²) in [4.78, 5) is 9.39. The minimum atomic E-state index is -1.47. The number of para-hydroxylation sites is 1. The molecule has 6 heteroatoms. The van der Waals surface area contributed by atoms with Gasteiger partial charge in [0.15, 0.2) is 0 Å². The fraction of sp³-hybridized carbons (Fsp3) is 0.269. The van der Waals surface area contributed by atoms with E-state index in [4.69, 9.17) is 9.40 Å². The standard InChI is InChI=1S/C33H28NO.C19H25FNSi.Ir/c1-21-20-34-30(18-23(21)19-33(2,3)4)29-17-9-16-28-27-15-8-14-26(31(27)35-32(28)29)25-13-7-11-22-10-5-6-12-24(22)25;1-13(2)14(3)17-11-18(15-8-7-9-16(20)10-15)21-12-19(17)22(4,5)6;/h5-16,18,20H,19H2,1-4H3;7,9-14H,1-6H3;/q2*-1;. The summed E-state index contributed by atoms with van der Waals surface area (Å²) in [6.07, 6.45) is 4.98. The number of aryl methyl sites for hydroxylation is 1. The molecule has 5 aromatic carbocycles. The molecule has 0 aliphatic carbocycles. The molecular weight excluding hydrogens is 908 g/mol. The van der Waals surface area contributed by atoms with E-state index in [2.05, 4.69) is 164 Å². The maximum atomic E-state index is 13.5. The quantitative estimate of drug-likeness (QED) is 0.118. The van der Waals surface area contributed by atoms with Crippen molar-refractivity contribution in [3.05, 3.63) is 150 Å². The van der Waals surface area contributed by atoms with Gasteiger partial charge in [-0.2, -0.15) is 0 Å². The first-order valence-corrected chi connectivity index (χ1v) is 23.6. The maximum absolute atomic E-state index is 13.5. The second-order valence-corrected chi connectivity index (χ2v) is 23.0. The molecule has 0 aliphatic heterocycles. The Kier molecular flexibility index (Phi) is 12.7. The van der Waals surface area contributed by atoms with Crippen molar-refractivity contribution >= 4 is 46.0 Å². The summed E-state index contributed by atoms with van der Waals surface area (Å²) < 4.78 is 20.1. The molecule has 0 saturated heterocycles. The molecule has 0 amide bonds. The van der Waals surface area contributed by atoms with Crippen molar-refractivity contribution in [3.8, 4) is 33.6 Å². The van der Waals surface area contributed by atoms with Crippen molar-refractivity contribution in [1.29, 1.82) is 0 Å². The third-order valence-electron chi connectivity index (χ3n) is 11.0. The van der Waals surface area contributed by atoms with Crippen molar-refractivity contribution in [2.75, 3.05) is 0 Å². The van der Waals surface area contributed by atoms with Gasteiger partial charge < -0.3 is 14.4 Å². The monoisotopic (exact) mass is 961 g/mol. The van der Waals surface area contributed by atoms with E-state index in [1.807, 2.05) is 18.5 Å². The summed E-state index contributed by atoms with van der Waals surface area (Å²) in [6.45, 7) is 22.7. The number of halogens is 1. The zero-order valence-electron chi connectivity index (χ0n) is 35.3. The molecule has 0 saturated carbocycles. The molecule has 3 heterocycles. The number of furan rings is 1. The molecule has 1 unspecified atom stereocenters. The SMILES string of the molecule is CC(C)C(C)c1cc(-c2[c-]ccc(F)c2)ncc1[Si](C)(C)C.Cc1cnc(-c2[c-]ccc3c2oc2c(-c4cccc5ccccc45)cccc23)cc1CC(C)(C)C.[Ir]. The number of fused-ring (bicyclic) bond motifs is 4. The molecule has 1 radical (unpaired) electrons. The van der Waals surface area contributed by atoms with Crippen molar-refractivity contribution < 1.29 is 28.9 Å². The van der Waals surface area contributed by atoms with E-state index in [0.29, 0.717) is 11.8 Å². The maximum Gasteiger partial charge on any atom is 0.128 e. The van der Waals surface area contributed by atoms with Crippen LogP contribution in [0.2, 0.25) is 19.6 Å². The van der Waals surface area contributed by atoms with Crippen LogP contribution in [0.25, 0.3) is 66.4 Å². The molecule has 3 nitrogen and oxygen atoms in total. The van der Waals surface area contributed by atoms with Gasteiger partial charge in [0.1, 0.15) is 5.58 Å². The number of pyridine rings is 2. The smallest absolute Gasteiger partial charge is 0.128 e. The van der Waals surface area contributed by atoms with Crippen molar-refractivity contribution in [2.45, 2.75) is 80.4 Å². The van der Waals surface area contributed by atoms with Gasteiger partial charge in [-0.15, -0.1) is 48.0 Å². The van der Waals surface area contributed by atoms with Crippen LogP contribution < -0.4 is 5.19 Å². The molecule has 0 fully saturated rings. The number of hydrogen-bond donors (Lipinski definition) is 0. The van der Waals surface area contributed by atoms with Crippen LogP contribution in [0.4, 0.5) is 4.39 Å². The molecule has 0 bridgehead atoms. The van der Waals surface area contributed by atoms with Crippen LogP contribution in [0.3, 0.4) is 0 Å². The zero-order chi connectivity index (χ0) is 40.6. The predicted octanol–water partition coefficient (Wildman–Crippen LogP) is 14.2. The van der Waals surface area contributed by atoms with Gasteiger partial charge in [0.05, 0.1) is 13.7 Å². The van der Waals surface area contributed by atoms with E-state index >= 15 is 0 Å². The van der Waals surface area contributed by atoms with E-state index in [0.717, 1.165) is 56.4 Å². The average Bonchev–Trinajstić information content (AvgIpc) is 3.57. The fourth-order valence-electron chi connectivity index (χ4n) is 7.66. The Hall–Kier alpha value is -4.74. The largest absolute Gasteiger partial charge is 0.500 e. The Morgan fingerprint density at radius 3 is 2.10 bits per heavy atom. The van der Waals surface area contributed by atoms with Crippen molar-refractivity contribution in [1.82, 2.24) is 9.97 Å². The third kappa shape index (κ3) is 9.10. The van der Waals surface area contributed by atoms with E-state index in [-0.39, 0.29) is 31.3 Å². The normalized spacial score (nSPS) is 12.4. The summed E-state index contributed by atoms with van der Waals surface area (Å²) >= 11 is 0. The molecule has 3 aromatic heterocycles. The van der Waals surface area contributed by atoms with Crippen molar-refractivity contribution in [2.24, 2.45) is 11.3 Å². The third-order valence-corrected chi connectivity index (χ3v) is 13.0. The van der Waals surface area contributed by atoms with E-state index in [1.165, 1.54) is 50.3 Å². The van der Waals surface area contributed by atoms with Crippen LogP contribution in [-0.2, 0) is 26.5 Å². The topological polar surface area (TPSA) is 38.9 Å². The van der Waals surface area contributed by atoms with Crippen LogP contribution in [0, 0.1) is 36.2 Å².